The standard InChI is InChI=1S/C18H16FN3O4S/c19-9-2-1-3-11-26-15-8-4-6-13-17(15)27-16(20-13)12-21-10-5-7-14(18(21)23)22(24)25/h1-2,4-8,10H,3,9,11-12H2/b2-1-. The summed E-state index contributed by atoms with van der Waals surface area (Å²) < 4.78 is 19.9. The number of halogens is 1. The average Bonchev–Trinajstić information content (AvgIpc) is 3.06. The van der Waals surface area contributed by atoms with Crippen LogP contribution >= 0.6 is 11.3 Å². The summed E-state index contributed by atoms with van der Waals surface area (Å²) >= 11 is 1.37. The van der Waals surface area contributed by atoms with E-state index in [2.05, 4.69) is 4.98 Å². The van der Waals surface area contributed by atoms with Crippen LogP contribution < -0.4 is 10.3 Å². The second-order valence-corrected chi connectivity index (χ2v) is 6.64. The number of benzene rings is 1. The van der Waals surface area contributed by atoms with E-state index in [4.69, 9.17) is 4.74 Å². The maximum atomic E-state index is 12.2. The summed E-state index contributed by atoms with van der Waals surface area (Å²) in [5, 5.41) is 11.6. The molecule has 0 N–H and O–H groups in total. The molecule has 2 aromatic heterocycles. The van der Waals surface area contributed by atoms with Crippen molar-refractivity contribution < 1.29 is 14.1 Å². The molecular weight excluding hydrogens is 373 g/mol. The van der Waals surface area contributed by atoms with E-state index in [1.165, 1.54) is 40.3 Å². The Balaban J connectivity index is 1.82. The predicted octanol–water partition coefficient (Wildman–Crippen LogP) is 3.71. The molecular formula is C18H16FN3O4S. The number of rotatable bonds is 8. The number of allylic oxidation sites excluding steroid dienone is 1. The Hall–Kier alpha value is -3.07. The lowest BCUT2D eigenvalue weighted by atomic mass is 10.3. The van der Waals surface area contributed by atoms with Gasteiger partial charge in [-0.1, -0.05) is 18.2 Å². The van der Waals surface area contributed by atoms with Crippen LogP contribution in [0.25, 0.3) is 10.2 Å². The second-order valence-electron chi connectivity index (χ2n) is 5.56. The first-order valence-electron chi connectivity index (χ1n) is 8.16. The summed E-state index contributed by atoms with van der Waals surface area (Å²) in [4.78, 5) is 26.9. The molecule has 3 rings (SSSR count). The van der Waals surface area contributed by atoms with Gasteiger partial charge >= 0.3 is 11.2 Å². The minimum absolute atomic E-state index is 0.137. The molecule has 0 spiro atoms. The molecule has 0 aliphatic carbocycles. The normalized spacial score (nSPS) is 11.3. The molecule has 140 valence electrons. The molecule has 0 radical (unpaired) electrons. The summed E-state index contributed by atoms with van der Waals surface area (Å²) in [6.07, 6.45) is 5.24. The van der Waals surface area contributed by atoms with Crippen molar-refractivity contribution in [2.45, 2.75) is 13.0 Å². The Labute approximate surface area is 157 Å². The molecule has 0 aliphatic heterocycles. The van der Waals surface area contributed by atoms with Gasteiger partial charge in [0.05, 0.1) is 28.3 Å². The molecule has 3 aromatic rings. The van der Waals surface area contributed by atoms with Gasteiger partial charge in [0.2, 0.25) is 0 Å². The van der Waals surface area contributed by atoms with Crippen molar-refractivity contribution in [3.8, 4) is 5.75 Å². The summed E-state index contributed by atoms with van der Waals surface area (Å²) in [7, 11) is 0. The van der Waals surface area contributed by atoms with E-state index in [1.54, 1.807) is 6.08 Å². The fourth-order valence-corrected chi connectivity index (χ4v) is 3.53. The highest BCUT2D eigenvalue weighted by atomic mass is 32.1. The Bertz CT molecular complexity index is 1040. The van der Waals surface area contributed by atoms with E-state index < -0.39 is 22.8 Å². The van der Waals surface area contributed by atoms with Crippen LogP contribution in [0.15, 0.2) is 53.5 Å². The summed E-state index contributed by atoms with van der Waals surface area (Å²) in [6.45, 7) is 0.0521. The minimum atomic E-state index is -0.694. The number of alkyl halides is 1. The van der Waals surface area contributed by atoms with Crippen molar-refractivity contribution in [3.63, 3.8) is 0 Å². The Morgan fingerprint density at radius 1 is 1.30 bits per heavy atom. The Morgan fingerprint density at radius 2 is 2.15 bits per heavy atom. The van der Waals surface area contributed by atoms with Gasteiger partial charge in [0.1, 0.15) is 17.4 Å². The zero-order valence-corrected chi connectivity index (χ0v) is 15.0. The molecule has 0 amide bonds. The molecule has 0 fully saturated rings. The Morgan fingerprint density at radius 3 is 2.93 bits per heavy atom. The number of ether oxygens (including phenoxy) is 1. The number of hydrogen-bond donors (Lipinski definition) is 0. The first-order valence-corrected chi connectivity index (χ1v) is 8.98. The fraction of sp³-hybridized carbons (Fsp3) is 0.222. The molecule has 9 heteroatoms. The number of thiazole rings is 1. The highest BCUT2D eigenvalue weighted by Gasteiger charge is 2.15. The SMILES string of the molecule is O=c1c([N+](=O)[O-])cccn1Cc1nc2cccc(OCC/C=C\CF)c2s1. The van der Waals surface area contributed by atoms with Crippen molar-refractivity contribution in [3.05, 3.63) is 74.2 Å². The van der Waals surface area contributed by atoms with Gasteiger partial charge in [-0.2, -0.15) is 0 Å². The third kappa shape index (κ3) is 4.37. The number of aromatic nitrogens is 2. The third-order valence-corrected chi connectivity index (χ3v) is 4.79. The smallest absolute Gasteiger partial charge is 0.334 e. The van der Waals surface area contributed by atoms with Gasteiger partial charge in [-0.15, -0.1) is 11.3 Å². The first-order chi connectivity index (χ1) is 13.1. The van der Waals surface area contributed by atoms with Crippen LogP contribution in [0.3, 0.4) is 0 Å². The van der Waals surface area contributed by atoms with Gasteiger partial charge in [-0.3, -0.25) is 14.9 Å². The molecule has 27 heavy (non-hydrogen) atoms. The van der Waals surface area contributed by atoms with Gasteiger partial charge in [0.25, 0.3) is 0 Å². The number of nitrogens with zero attached hydrogens (tertiary/aromatic N) is 3. The van der Waals surface area contributed by atoms with Crippen LogP contribution in [-0.4, -0.2) is 27.8 Å². The maximum absolute atomic E-state index is 12.2. The van der Waals surface area contributed by atoms with E-state index in [0.717, 1.165) is 10.2 Å². The van der Waals surface area contributed by atoms with Crippen molar-refractivity contribution in [2.24, 2.45) is 0 Å². The van der Waals surface area contributed by atoms with E-state index in [9.17, 15) is 19.3 Å². The molecule has 0 bridgehead atoms. The van der Waals surface area contributed by atoms with E-state index >= 15 is 0 Å². The lowest BCUT2D eigenvalue weighted by molar-refractivity contribution is -0.386. The van der Waals surface area contributed by atoms with Crippen LogP contribution in [0.5, 0.6) is 5.75 Å². The predicted molar refractivity (Wildman–Crippen MR) is 101 cm³/mol. The molecule has 0 saturated heterocycles. The number of nitro groups is 1. The van der Waals surface area contributed by atoms with Crippen LogP contribution in [0.4, 0.5) is 10.1 Å². The van der Waals surface area contributed by atoms with Crippen LogP contribution in [0.2, 0.25) is 0 Å². The number of pyridine rings is 1. The van der Waals surface area contributed by atoms with Crippen molar-refractivity contribution in [2.75, 3.05) is 13.3 Å². The van der Waals surface area contributed by atoms with Gasteiger partial charge in [-0.25, -0.2) is 9.37 Å². The van der Waals surface area contributed by atoms with Gasteiger partial charge in [0.15, 0.2) is 0 Å². The van der Waals surface area contributed by atoms with Crippen LogP contribution in [-0.2, 0) is 6.54 Å². The van der Waals surface area contributed by atoms with Crippen molar-refractivity contribution in [1.82, 2.24) is 9.55 Å². The third-order valence-electron chi connectivity index (χ3n) is 3.72. The van der Waals surface area contributed by atoms with Crippen molar-refractivity contribution in [1.29, 1.82) is 0 Å². The largest absolute Gasteiger partial charge is 0.492 e. The average molecular weight is 389 g/mol. The highest BCUT2D eigenvalue weighted by Crippen LogP contribution is 2.31. The molecule has 0 saturated carbocycles. The highest BCUT2D eigenvalue weighted by molar-refractivity contribution is 7.19. The van der Waals surface area contributed by atoms with Gasteiger partial charge in [0, 0.05) is 12.3 Å². The zero-order chi connectivity index (χ0) is 19.2. The second kappa shape index (κ2) is 8.54. The molecule has 7 nitrogen and oxygen atoms in total. The molecule has 0 aliphatic rings. The fourth-order valence-electron chi connectivity index (χ4n) is 2.50. The summed E-state index contributed by atoms with van der Waals surface area (Å²) in [5.74, 6) is 0.663. The van der Waals surface area contributed by atoms with E-state index in [1.807, 2.05) is 18.2 Å². The lowest BCUT2D eigenvalue weighted by Crippen LogP contribution is -2.22. The quantitative estimate of drug-likeness (QED) is 0.254. The number of hydrogen-bond acceptors (Lipinski definition) is 6. The molecule has 1 aromatic carbocycles. The van der Waals surface area contributed by atoms with Gasteiger partial charge in [-0.05, 0) is 24.6 Å². The monoisotopic (exact) mass is 389 g/mol. The number of fused-ring (bicyclic) bond motifs is 1. The van der Waals surface area contributed by atoms with E-state index in [-0.39, 0.29) is 6.54 Å². The minimum Gasteiger partial charge on any atom is -0.492 e. The molecule has 0 atom stereocenters. The van der Waals surface area contributed by atoms with Crippen LogP contribution in [0.1, 0.15) is 11.4 Å². The summed E-state index contributed by atoms with van der Waals surface area (Å²) in [5.41, 5.74) is -0.410. The lowest BCUT2D eigenvalue weighted by Gasteiger charge is -2.04. The van der Waals surface area contributed by atoms with Crippen LogP contribution in [0, 0.1) is 10.1 Å². The Kier molecular flexibility index (Phi) is 5.92. The van der Waals surface area contributed by atoms with E-state index in [0.29, 0.717) is 23.8 Å². The van der Waals surface area contributed by atoms with Gasteiger partial charge < -0.3 is 9.30 Å². The topological polar surface area (TPSA) is 87.3 Å². The summed E-state index contributed by atoms with van der Waals surface area (Å²) in [6, 6.07) is 8.12. The zero-order valence-electron chi connectivity index (χ0n) is 14.2. The van der Waals surface area contributed by atoms with Crippen molar-refractivity contribution >= 4 is 27.2 Å². The maximum Gasteiger partial charge on any atom is 0.334 e. The molecule has 0 unspecified atom stereocenters. The molecule has 2 heterocycles. The first kappa shape index (κ1) is 18.7.